The van der Waals surface area contributed by atoms with Crippen LogP contribution in [0.3, 0.4) is 0 Å². The number of methoxy groups -OCH3 is 1. The van der Waals surface area contributed by atoms with E-state index in [1.165, 1.54) is 25.7 Å². The molecule has 0 spiro atoms. The third-order valence-electron chi connectivity index (χ3n) is 3.54. The molecule has 70 valence electrons. The Bertz CT molecular complexity index is 164. The van der Waals surface area contributed by atoms with Crippen molar-refractivity contribution in [2.24, 2.45) is 16.7 Å². The van der Waals surface area contributed by atoms with E-state index in [0.29, 0.717) is 5.41 Å². The summed E-state index contributed by atoms with van der Waals surface area (Å²) >= 11 is 0. The lowest BCUT2D eigenvalue weighted by Gasteiger charge is -2.71. The highest BCUT2D eigenvalue weighted by atomic mass is 16.5. The Hall–Kier alpha value is -0.0400. The molecule has 12 heavy (non-hydrogen) atoms. The Morgan fingerprint density at radius 3 is 2.17 bits per heavy atom. The number of hydrogen-bond donors (Lipinski definition) is 0. The fourth-order valence-electron chi connectivity index (χ4n) is 3.77. The molecule has 1 heteroatoms. The molecule has 2 bridgehead atoms. The molecule has 3 aliphatic rings. The van der Waals surface area contributed by atoms with Gasteiger partial charge >= 0.3 is 0 Å². The topological polar surface area (TPSA) is 9.23 Å². The van der Waals surface area contributed by atoms with Crippen molar-refractivity contribution in [3.63, 3.8) is 0 Å². The second-order valence-corrected chi connectivity index (χ2v) is 5.56. The van der Waals surface area contributed by atoms with E-state index in [4.69, 9.17) is 4.74 Å². The standard InChI is InChI=1S/C11H20O/c1-9(2)4-10-5-11(6-10,7-10)8-12-3/h9H,4-8H2,1-3H3. The average molecular weight is 168 g/mol. The van der Waals surface area contributed by atoms with Gasteiger partial charge in [0.15, 0.2) is 0 Å². The van der Waals surface area contributed by atoms with Gasteiger partial charge in [-0.2, -0.15) is 0 Å². The van der Waals surface area contributed by atoms with Crippen molar-refractivity contribution < 1.29 is 4.74 Å². The molecule has 0 aromatic rings. The van der Waals surface area contributed by atoms with Crippen molar-refractivity contribution in [3.8, 4) is 0 Å². The summed E-state index contributed by atoms with van der Waals surface area (Å²) < 4.78 is 5.24. The third kappa shape index (κ3) is 1.10. The Kier molecular flexibility index (Phi) is 1.76. The molecule has 0 aliphatic heterocycles. The van der Waals surface area contributed by atoms with Crippen LogP contribution >= 0.6 is 0 Å². The molecular weight excluding hydrogens is 148 g/mol. The molecule has 3 rings (SSSR count). The van der Waals surface area contributed by atoms with Crippen molar-refractivity contribution in [1.29, 1.82) is 0 Å². The minimum atomic E-state index is 0.643. The number of ether oxygens (including phenoxy) is 1. The molecule has 1 nitrogen and oxygen atoms in total. The van der Waals surface area contributed by atoms with Crippen molar-refractivity contribution in [1.82, 2.24) is 0 Å². The molecule has 0 aromatic carbocycles. The van der Waals surface area contributed by atoms with Crippen molar-refractivity contribution in [2.75, 3.05) is 13.7 Å². The van der Waals surface area contributed by atoms with Crippen molar-refractivity contribution in [3.05, 3.63) is 0 Å². The largest absolute Gasteiger partial charge is 0.384 e. The van der Waals surface area contributed by atoms with Crippen LogP contribution in [-0.4, -0.2) is 13.7 Å². The first-order valence-corrected chi connectivity index (χ1v) is 5.09. The van der Waals surface area contributed by atoms with Gasteiger partial charge in [0, 0.05) is 7.11 Å². The van der Waals surface area contributed by atoms with E-state index in [-0.39, 0.29) is 0 Å². The minimum Gasteiger partial charge on any atom is -0.384 e. The number of rotatable bonds is 4. The van der Waals surface area contributed by atoms with Crippen LogP contribution < -0.4 is 0 Å². The van der Waals surface area contributed by atoms with E-state index >= 15 is 0 Å². The molecule has 3 aliphatic carbocycles. The van der Waals surface area contributed by atoms with Gasteiger partial charge in [-0.05, 0) is 42.4 Å². The van der Waals surface area contributed by atoms with Crippen LogP contribution in [-0.2, 0) is 4.74 Å². The SMILES string of the molecule is COCC12CC(CC(C)C)(C1)C2. The van der Waals surface area contributed by atoms with Gasteiger partial charge in [-0.3, -0.25) is 0 Å². The fraction of sp³-hybridized carbons (Fsp3) is 1.00. The zero-order chi connectivity index (χ0) is 8.82. The summed E-state index contributed by atoms with van der Waals surface area (Å²) in [6, 6.07) is 0. The summed E-state index contributed by atoms with van der Waals surface area (Å²) in [6.07, 6.45) is 5.79. The first-order valence-electron chi connectivity index (χ1n) is 5.09. The van der Waals surface area contributed by atoms with E-state index in [0.717, 1.165) is 17.9 Å². The Balaban J connectivity index is 1.79. The van der Waals surface area contributed by atoms with E-state index < -0.39 is 0 Å². The highest BCUT2D eigenvalue weighted by Gasteiger charge is 2.66. The van der Waals surface area contributed by atoms with Crippen LogP contribution in [0.2, 0.25) is 0 Å². The Morgan fingerprint density at radius 1 is 1.17 bits per heavy atom. The highest BCUT2D eigenvalue weighted by Crippen LogP contribution is 2.75. The second kappa shape index (κ2) is 2.47. The fourth-order valence-corrected chi connectivity index (χ4v) is 3.77. The van der Waals surface area contributed by atoms with Crippen molar-refractivity contribution in [2.45, 2.75) is 39.5 Å². The zero-order valence-corrected chi connectivity index (χ0v) is 8.52. The lowest BCUT2D eigenvalue weighted by molar-refractivity contribution is -0.234. The molecule has 0 aromatic heterocycles. The summed E-state index contributed by atoms with van der Waals surface area (Å²) in [6.45, 7) is 5.68. The van der Waals surface area contributed by atoms with Crippen LogP contribution in [0.15, 0.2) is 0 Å². The molecule has 3 fully saturated rings. The van der Waals surface area contributed by atoms with Gasteiger partial charge in [-0.1, -0.05) is 13.8 Å². The molecule has 0 amide bonds. The first kappa shape index (κ1) is 8.55. The molecule has 0 N–H and O–H groups in total. The van der Waals surface area contributed by atoms with Crippen LogP contribution in [0.1, 0.15) is 39.5 Å². The van der Waals surface area contributed by atoms with Gasteiger partial charge in [0.2, 0.25) is 0 Å². The highest BCUT2D eigenvalue weighted by molar-refractivity contribution is 5.16. The van der Waals surface area contributed by atoms with E-state index in [1.807, 2.05) is 7.11 Å². The maximum atomic E-state index is 5.24. The molecule has 0 radical (unpaired) electrons. The molecular formula is C11H20O. The predicted molar refractivity (Wildman–Crippen MR) is 50.0 cm³/mol. The molecule has 0 atom stereocenters. The molecule has 3 saturated carbocycles. The summed E-state index contributed by atoms with van der Waals surface area (Å²) in [5.41, 5.74) is 1.41. The van der Waals surface area contributed by atoms with Crippen LogP contribution in [0.25, 0.3) is 0 Å². The van der Waals surface area contributed by atoms with Gasteiger partial charge in [0.05, 0.1) is 6.61 Å². The Labute approximate surface area is 75.5 Å². The van der Waals surface area contributed by atoms with Gasteiger partial charge in [-0.25, -0.2) is 0 Å². The quantitative estimate of drug-likeness (QED) is 0.627. The van der Waals surface area contributed by atoms with Crippen molar-refractivity contribution >= 4 is 0 Å². The molecule has 0 saturated heterocycles. The maximum Gasteiger partial charge on any atom is 0.0519 e. The van der Waals surface area contributed by atoms with Gasteiger partial charge < -0.3 is 4.74 Å². The second-order valence-electron chi connectivity index (χ2n) is 5.56. The lowest BCUT2D eigenvalue weighted by Crippen LogP contribution is -2.63. The number of hydrogen-bond acceptors (Lipinski definition) is 1. The summed E-state index contributed by atoms with van der Waals surface area (Å²) in [7, 11) is 1.83. The summed E-state index contributed by atoms with van der Waals surface area (Å²) in [5.74, 6) is 0.880. The summed E-state index contributed by atoms with van der Waals surface area (Å²) in [4.78, 5) is 0. The summed E-state index contributed by atoms with van der Waals surface area (Å²) in [5, 5.41) is 0. The molecule has 0 unspecified atom stereocenters. The van der Waals surface area contributed by atoms with Gasteiger partial charge in [0.1, 0.15) is 0 Å². The van der Waals surface area contributed by atoms with Crippen LogP contribution in [0.5, 0.6) is 0 Å². The Morgan fingerprint density at radius 2 is 1.75 bits per heavy atom. The van der Waals surface area contributed by atoms with Crippen LogP contribution in [0, 0.1) is 16.7 Å². The van der Waals surface area contributed by atoms with E-state index in [2.05, 4.69) is 13.8 Å². The zero-order valence-electron chi connectivity index (χ0n) is 8.52. The predicted octanol–water partition coefficient (Wildman–Crippen LogP) is 2.85. The van der Waals surface area contributed by atoms with Gasteiger partial charge in [0.25, 0.3) is 0 Å². The van der Waals surface area contributed by atoms with Gasteiger partial charge in [-0.15, -0.1) is 0 Å². The normalized spacial score (nSPS) is 44.0. The maximum absolute atomic E-state index is 5.24. The van der Waals surface area contributed by atoms with E-state index in [1.54, 1.807) is 0 Å². The third-order valence-corrected chi connectivity index (χ3v) is 3.54. The smallest absolute Gasteiger partial charge is 0.0519 e. The van der Waals surface area contributed by atoms with Crippen LogP contribution in [0.4, 0.5) is 0 Å². The first-order chi connectivity index (χ1) is 5.60. The average Bonchev–Trinajstić information content (AvgIpc) is 1.79. The minimum absolute atomic E-state index is 0.643. The molecule has 0 heterocycles. The monoisotopic (exact) mass is 168 g/mol. The lowest BCUT2D eigenvalue weighted by atomic mass is 9.34. The van der Waals surface area contributed by atoms with E-state index in [9.17, 15) is 0 Å².